The molecule has 0 saturated carbocycles. The number of hydrogen-bond acceptors (Lipinski definition) is 4. The van der Waals surface area contributed by atoms with Crippen LogP contribution in [0.3, 0.4) is 0 Å². The van der Waals surface area contributed by atoms with Crippen LogP contribution in [0.1, 0.15) is 15.9 Å². The number of carboxylic acid groups (broad SMARTS) is 1. The maximum Gasteiger partial charge on any atom is 0.335 e. The van der Waals surface area contributed by atoms with E-state index in [4.69, 9.17) is 16.7 Å². The van der Waals surface area contributed by atoms with Crippen molar-refractivity contribution in [1.82, 2.24) is 4.90 Å². The summed E-state index contributed by atoms with van der Waals surface area (Å²) in [5.41, 5.74) is 1.77. The minimum absolute atomic E-state index is 0.0271. The van der Waals surface area contributed by atoms with Gasteiger partial charge in [0.15, 0.2) is 5.17 Å². The lowest BCUT2D eigenvalue weighted by atomic mass is 10.1. The van der Waals surface area contributed by atoms with Crippen molar-refractivity contribution in [2.75, 3.05) is 6.54 Å². The first kappa shape index (κ1) is 19.2. The predicted molar refractivity (Wildman–Crippen MR) is 109 cm³/mol. The zero-order valence-electron chi connectivity index (χ0n) is 14.3. The molecule has 0 unspecified atom stereocenters. The van der Waals surface area contributed by atoms with Gasteiger partial charge in [-0.15, -0.1) is 6.58 Å². The summed E-state index contributed by atoms with van der Waals surface area (Å²) in [7, 11) is 0. The van der Waals surface area contributed by atoms with Crippen molar-refractivity contribution in [2.45, 2.75) is 11.7 Å². The zero-order valence-corrected chi connectivity index (χ0v) is 15.9. The van der Waals surface area contributed by atoms with Gasteiger partial charge in [-0.05, 0) is 48.4 Å². The van der Waals surface area contributed by atoms with Crippen molar-refractivity contribution in [3.63, 3.8) is 0 Å². The van der Waals surface area contributed by atoms with E-state index in [0.29, 0.717) is 28.8 Å². The van der Waals surface area contributed by atoms with E-state index in [1.54, 1.807) is 29.2 Å². The van der Waals surface area contributed by atoms with E-state index in [2.05, 4.69) is 11.6 Å². The van der Waals surface area contributed by atoms with E-state index in [-0.39, 0.29) is 16.7 Å². The molecule has 0 aromatic heterocycles. The summed E-state index contributed by atoms with van der Waals surface area (Å²) >= 11 is 7.43. The second-order valence-electron chi connectivity index (χ2n) is 5.92. The van der Waals surface area contributed by atoms with Crippen LogP contribution in [-0.4, -0.2) is 38.8 Å². The van der Waals surface area contributed by atoms with E-state index >= 15 is 0 Å². The first-order valence-corrected chi connectivity index (χ1v) is 9.49. The van der Waals surface area contributed by atoms with Crippen molar-refractivity contribution in [3.8, 4) is 0 Å². The maximum absolute atomic E-state index is 12.8. The van der Waals surface area contributed by atoms with Gasteiger partial charge in [-0.25, -0.2) is 9.79 Å². The number of halogens is 1. The van der Waals surface area contributed by atoms with Gasteiger partial charge in [-0.1, -0.05) is 41.6 Å². The lowest BCUT2D eigenvalue weighted by Crippen LogP contribution is -2.32. The lowest BCUT2D eigenvalue weighted by Gasteiger charge is -2.13. The second-order valence-corrected chi connectivity index (χ2v) is 7.53. The van der Waals surface area contributed by atoms with Gasteiger partial charge in [0.2, 0.25) is 5.91 Å². The Labute approximate surface area is 166 Å². The highest BCUT2D eigenvalue weighted by Gasteiger charge is 2.37. The number of thioether (sulfide) groups is 1. The van der Waals surface area contributed by atoms with Crippen LogP contribution in [0.15, 0.2) is 66.2 Å². The summed E-state index contributed by atoms with van der Waals surface area (Å²) in [6.45, 7) is 4.08. The zero-order chi connectivity index (χ0) is 19.4. The monoisotopic (exact) mass is 400 g/mol. The average molecular weight is 401 g/mol. The SMILES string of the molecule is C=CCN1C(=O)[C@H](Cc2cccc(Cl)c2)SC1=Nc1ccc(C(=O)O)cc1. The molecule has 1 aliphatic heterocycles. The van der Waals surface area contributed by atoms with Gasteiger partial charge in [0, 0.05) is 11.6 Å². The van der Waals surface area contributed by atoms with Crippen LogP contribution in [0.25, 0.3) is 0 Å². The van der Waals surface area contributed by atoms with Gasteiger partial charge in [-0.3, -0.25) is 9.69 Å². The van der Waals surface area contributed by atoms with Crippen LogP contribution in [-0.2, 0) is 11.2 Å². The molecule has 1 atom stereocenters. The minimum atomic E-state index is -0.991. The van der Waals surface area contributed by atoms with Crippen LogP contribution < -0.4 is 0 Å². The van der Waals surface area contributed by atoms with E-state index in [9.17, 15) is 9.59 Å². The molecule has 0 bridgehead atoms. The van der Waals surface area contributed by atoms with Crippen molar-refractivity contribution in [2.24, 2.45) is 4.99 Å². The first-order valence-electron chi connectivity index (χ1n) is 8.23. The Morgan fingerprint density at radius 2 is 2.04 bits per heavy atom. The molecule has 0 aliphatic carbocycles. The molecule has 27 heavy (non-hydrogen) atoms. The largest absolute Gasteiger partial charge is 0.478 e. The van der Waals surface area contributed by atoms with Crippen LogP contribution in [0.5, 0.6) is 0 Å². The molecule has 0 radical (unpaired) electrons. The van der Waals surface area contributed by atoms with Gasteiger partial charge in [0.25, 0.3) is 0 Å². The smallest absolute Gasteiger partial charge is 0.335 e. The fourth-order valence-electron chi connectivity index (χ4n) is 2.69. The standard InChI is InChI=1S/C20H17ClN2O3S/c1-2-10-23-18(24)17(12-13-4-3-5-15(21)11-13)27-20(23)22-16-8-6-14(7-9-16)19(25)26/h2-9,11,17H,1,10,12H2,(H,25,26)/t17-/m0/s1. The number of nitrogens with zero attached hydrogens (tertiary/aromatic N) is 2. The Hall–Kier alpha value is -2.57. The summed E-state index contributed by atoms with van der Waals surface area (Å²) in [5, 5.41) is 9.91. The predicted octanol–water partition coefficient (Wildman–Crippen LogP) is 4.40. The number of carboxylic acids is 1. The van der Waals surface area contributed by atoms with Crippen LogP contribution in [0.2, 0.25) is 5.02 Å². The summed E-state index contributed by atoms with van der Waals surface area (Å²) < 4.78 is 0. The van der Waals surface area contributed by atoms with Crippen molar-refractivity contribution >= 4 is 46.1 Å². The Morgan fingerprint density at radius 1 is 1.30 bits per heavy atom. The minimum Gasteiger partial charge on any atom is -0.478 e. The summed E-state index contributed by atoms with van der Waals surface area (Å²) in [6.07, 6.45) is 2.21. The average Bonchev–Trinajstić information content (AvgIpc) is 2.91. The summed E-state index contributed by atoms with van der Waals surface area (Å²) in [5.74, 6) is -1.02. The third-order valence-corrected chi connectivity index (χ3v) is 5.39. The highest BCUT2D eigenvalue weighted by molar-refractivity contribution is 8.15. The molecule has 7 heteroatoms. The van der Waals surface area contributed by atoms with Crippen LogP contribution in [0, 0.1) is 0 Å². The molecule has 1 aliphatic rings. The van der Waals surface area contributed by atoms with Gasteiger partial charge in [-0.2, -0.15) is 0 Å². The van der Waals surface area contributed by atoms with Crippen molar-refractivity contribution in [1.29, 1.82) is 0 Å². The molecule has 138 valence electrons. The molecule has 3 rings (SSSR count). The Kier molecular flexibility index (Phi) is 5.98. The van der Waals surface area contributed by atoms with Crippen molar-refractivity contribution < 1.29 is 14.7 Å². The number of benzene rings is 2. The number of carbonyl (C=O) groups is 2. The quantitative estimate of drug-likeness (QED) is 0.729. The van der Waals surface area contributed by atoms with Crippen LogP contribution in [0.4, 0.5) is 5.69 Å². The van der Waals surface area contributed by atoms with Gasteiger partial charge in [0.05, 0.1) is 16.5 Å². The summed E-state index contributed by atoms with van der Waals surface area (Å²) in [6, 6.07) is 13.7. The molecule has 1 heterocycles. The number of amides is 1. The van der Waals surface area contributed by atoms with Gasteiger partial charge < -0.3 is 5.11 Å². The molecule has 1 amide bonds. The number of rotatable bonds is 6. The molecule has 1 N–H and O–H groups in total. The first-order chi connectivity index (χ1) is 13.0. The van der Waals surface area contributed by atoms with E-state index < -0.39 is 5.97 Å². The second kappa shape index (κ2) is 8.41. The molecular weight excluding hydrogens is 384 g/mol. The molecule has 2 aromatic rings. The Balaban J connectivity index is 1.84. The normalized spacial score (nSPS) is 18.1. The van der Waals surface area contributed by atoms with E-state index in [1.807, 2.05) is 18.2 Å². The highest BCUT2D eigenvalue weighted by Crippen LogP contribution is 2.32. The van der Waals surface area contributed by atoms with Gasteiger partial charge >= 0.3 is 5.97 Å². The number of aromatic carboxylic acids is 1. The summed E-state index contributed by atoms with van der Waals surface area (Å²) in [4.78, 5) is 29.9. The molecule has 0 spiro atoms. The maximum atomic E-state index is 12.8. The topological polar surface area (TPSA) is 70.0 Å². The van der Waals surface area contributed by atoms with Crippen LogP contribution >= 0.6 is 23.4 Å². The number of amidine groups is 1. The third kappa shape index (κ3) is 4.59. The molecule has 2 aromatic carbocycles. The van der Waals surface area contributed by atoms with E-state index in [0.717, 1.165) is 5.56 Å². The Bertz CT molecular complexity index is 912. The number of hydrogen-bond donors (Lipinski definition) is 1. The number of aliphatic imine (C=N–C) groups is 1. The molecule has 1 fully saturated rings. The van der Waals surface area contributed by atoms with Gasteiger partial charge in [0.1, 0.15) is 0 Å². The van der Waals surface area contributed by atoms with E-state index in [1.165, 1.54) is 23.9 Å². The molecule has 1 saturated heterocycles. The Morgan fingerprint density at radius 3 is 2.67 bits per heavy atom. The molecular formula is C20H17ClN2O3S. The lowest BCUT2D eigenvalue weighted by molar-refractivity contribution is -0.125. The fraction of sp³-hybridized carbons (Fsp3) is 0.150. The number of carbonyl (C=O) groups excluding carboxylic acids is 1. The fourth-order valence-corrected chi connectivity index (χ4v) is 4.11. The third-order valence-electron chi connectivity index (χ3n) is 3.98. The van der Waals surface area contributed by atoms with Crippen molar-refractivity contribution in [3.05, 3.63) is 77.3 Å². The highest BCUT2D eigenvalue weighted by atomic mass is 35.5. The molecule has 5 nitrogen and oxygen atoms in total.